The van der Waals surface area contributed by atoms with Crippen molar-refractivity contribution in [2.24, 2.45) is 0 Å². The molecule has 0 aliphatic rings. The maximum absolute atomic E-state index is 13.3. The zero-order chi connectivity index (χ0) is 26.1. The van der Waals surface area contributed by atoms with Gasteiger partial charge in [0, 0.05) is 0 Å². The molecule has 0 saturated carbocycles. The third kappa shape index (κ3) is 3.78. The van der Waals surface area contributed by atoms with Crippen molar-refractivity contribution >= 4 is 27.5 Å². The molecule has 0 heterocycles. The first-order chi connectivity index (χ1) is 12.9. The van der Waals surface area contributed by atoms with E-state index in [1.807, 2.05) is 0 Å². The van der Waals surface area contributed by atoms with Crippen molar-refractivity contribution in [1.29, 1.82) is 0 Å². The summed E-state index contributed by atoms with van der Waals surface area (Å²) < 4.78 is 235. The van der Waals surface area contributed by atoms with Gasteiger partial charge in [-0.05, 0) is 11.6 Å². The number of rotatable bonds is 9. The normalized spacial score (nSPS) is 16.5. The van der Waals surface area contributed by atoms with E-state index in [4.69, 9.17) is 4.55 Å². The van der Waals surface area contributed by atoms with Gasteiger partial charge < -0.3 is 0 Å². The summed E-state index contributed by atoms with van der Waals surface area (Å²) in [4.78, 5) is 10.7. The summed E-state index contributed by atoms with van der Waals surface area (Å²) in [6.45, 7) is 0. The second-order valence-corrected chi connectivity index (χ2v) is 7.20. The Hall–Kier alpha value is -1.25. The van der Waals surface area contributed by atoms with Crippen LogP contribution < -0.4 is 0 Å². The highest BCUT2D eigenvalue weighted by molar-refractivity contribution is 7.87. The van der Waals surface area contributed by atoms with Gasteiger partial charge in [-0.15, -0.1) is 0 Å². The van der Waals surface area contributed by atoms with E-state index in [0.29, 0.717) is 0 Å². The lowest BCUT2D eigenvalue weighted by atomic mass is 9.90. The predicted octanol–water partition coefficient (Wildman–Crippen LogP) is 4.68. The predicted molar refractivity (Wildman–Crippen MR) is 62.0 cm³/mol. The van der Waals surface area contributed by atoms with E-state index in [9.17, 15) is 83.5 Å². The number of carbonyl (C=O) groups excluding carboxylic acids is 1. The molecule has 1 N–H and O–H groups in total. The Morgan fingerprint density at radius 2 is 0.871 bits per heavy atom. The lowest BCUT2D eigenvalue weighted by molar-refractivity contribution is -0.412. The van der Waals surface area contributed by atoms with Crippen molar-refractivity contribution < 1.29 is 88.0 Å². The van der Waals surface area contributed by atoms with E-state index >= 15 is 0 Å². The maximum Gasteiger partial charge on any atom is 0.439 e. The van der Waals surface area contributed by atoms with E-state index in [-0.39, 0.29) is 0 Å². The number of alkyl halides is 17. The Labute approximate surface area is 162 Å². The molecule has 0 radical (unpaired) electrons. The molecule has 0 atom stereocenters. The van der Waals surface area contributed by atoms with Gasteiger partial charge in [-0.2, -0.15) is 78.7 Å². The van der Waals surface area contributed by atoms with Crippen molar-refractivity contribution in [1.82, 2.24) is 0 Å². The summed E-state index contributed by atoms with van der Waals surface area (Å²) in [5.41, 5.74) is 0. The molecule has 0 bridgehead atoms. The molecule has 0 unspecified atom stereocenters. The first-order valence-electron chi connectivity index (χ1n) is 6.14. The minimum Gasteiger partial charge on any atom is -0.285 e. The summed E-state index contributed by atoms with van der Waals surface area (Å²) in [7, 11) is -7.67. The molecular weight excluding hydrogens is 544 g/mol. The van der Waals surface area contributed by atoms with Crippen LogP contribution in [0.2, 0.25) is 0 Å². The topological polar surface area (TPSA) is 71.4 Å². The van der Waals surface area contributed by atoms with Gasteiger partial charge >= 0.3 is 56.3 Å². The fourth-order valence-corrected chi connectivity index (χ4v) is 1.94. The van der Waals surface area contributed by atoms with E-state index in [0.717, 1.165) is 0 Å². The van der Waals surface area contributed by atoms with Gasteiger partial charge in [-0.25, -0.2) is 0 Å². The molecule has 0 fully saturated rings. The number of ketones is 1. The van der Waals surface area contributed by atoms with E-state index in [1.165, 1.54) is 0 Å². The molecule has 0 aliphatic heterocycles. The molecule has 0 spiro atoms. The van der Waals surface area contributed by atoms with Crippen LogP contribution in [0.4, 0.5) is 70.2 Å². The van der Waals surface area contributed by atoms with Crippen LogP contribution in [0.3, 0.4) is 0 Å². The second kappa shape index (κ2) is 7.12. The lowest BCUT2D eigenvalue weighted by Gasteiger charge is -2.40. The quantitative estimate of drug-likeness (QED) is 0.260. The van der Waals surface area contributed by atoms with Gasteiger partial charge in [0.1, 0.15) is 0 Å². The van der Waals surface area contributed by atoms with Gasteiger partial charge in [0.25, 0.3) is 5.78 Å². The zero-order valence-electron chi connectivity index (χ0n) is 13.0. The van der Waals surface area contributed by atoms with Gasteiger partial charge in [0.05, 0.1) is 0 Å². The van der Waals surface area contributed by atoms with Gasteiger partial charge in [0.15, 0.2) is 0 Å². The molecule has 186 valence electrons. The standard InChI is InChI=1S/C9HClF16O4S/c10-8(23,24)7(21,22)6(19,20)5(17,18)4(15,16)2(11,12)1(27)3(13,14)9(25,26)31(28,29)30/h(H,28,29,30). The zero-order valence-corrected chi connectivity index (χ0v) is 14.6. The Morgan fingerprint density at radius 3 is 1.13 bits per heavy atom. The Morgan fingerprint density at radius 1 is 0.581 bits per heavy atom. The number of hydrogen-bond acceptors (Lipinski definition) is 3. The molecule has 0 aromatic heterocycles. The van der Waals surface area contributed by atoms with Crippen molar-refractivity contribution in [2.75, 3.05) is 0 Å². The Kier molecular flexibility index (Phi) is 6.84. The third-order valence-corrected chi connectivity index (χ3v) is 4.33. The van der Waals surface area contributed by atoms with Gasteiger partial charge in [0.2, 0.25) is 0 Å². The van der Waals surface area contributed by atoms with Crippen LogP contribution in [-0.2, 0) is 14.9 Å². The second-order valence-electron chi connectivity index (χ2n) is 5.27. The average molecular weight is 545 g/mol. The highest BCUT2D eigenvalue weighted by atomic mass is 35.5. The van der Waals surface area contributed by atoms with Crippen LogP contribution in [0, 0.1) is 0 Å². The maximum atomic E-state index is 13.3. The van der Waals surface area contributed by atoms with Crippen LogP contribution in [0.25, 0.3) is 0 Å². The van der Waals surface area contributed by atoms with Crippen molar-refractivity contribution in [2.45, 2.75) is 46.2 Å². The summed E-state index contributed by atoms with van der Waals surface area (Å²) in [5, 5.41) is -14.4. The molecule has 0 rings (SSSR count). The highest BCUT2D eigenvalue weighted by Crippen LogP contribution is 2.61. The number of Topliss-reactive ketones (excluding diaryl/α,β-unsaturated/α-hetero) is 1. The van der Waals surface area contributed by atoms with Crippen LogP contribution in [-0.4, -0.2) is 64.9 Å². The smallest absolute Gasteiger partial charge is 0.285 e. The molecule has 0 saturated heterocycles. The Balaban J connectivity index is 6.83. The van der Waals surface area contributed by atoms with Crippen molar-refractivity contribution in [3.63, 3.8) is 0 Å². The van der Waals surface area contributed by atoms with Crippen LogP contribution >= 0.6 is 11.6 Å². The molecular formula is C9HClF16O4S. The van der Waals surface area contributed by atoms with E-state index in [2.05, 4.69) is 11.6 Å². The summed E-state index contributed by atoms with van der Waals surface area (Å²) in [6, 6.07) is 0. The minimum atomic E-state index is -8.62. The molecule has 0 aromatic carbocycles. The first-order valence-corrected chi connectivity index (χ1v) is 7.95. The van der Waals surface area contributed by atoms with Crippen LogP contribution in [0.1, 0.15) is 0 Å². The summed E-state index contributed by atoms with van der Waals surface area (Å²) in [5.74, 6) is -55.2. The van der Waals surface area contributed by atoms with Gasteiger partial charge in [-0.3, -0.25) is 9.35 Å². The first kappa shape index (κ1) is 29.8. The summed E-state index contributed by atoms with van der Waals surface area (Å²) in [6.07, 6.45) is 0. The van der Waals surface area contributed by atoms with E-state index in [1.54, 1.807) is 0 Å². The monoisotopic (exact) mass is 544 g/mol. The van der Waals surface area contributed by atoms with Crippen molar-refractivity contribution in [3.05, 3.63) is 0 Å². The fourth-order valence-electron chi connectivity index (χ4n) is 1.40. The lowest BCUT2D eigenvalue weighted by Crippen LogP contribution is -2.73. The van der Waals surface area contributed by atoms with E-state index < -0.39 is 62.1 Å². The van der Waals surface area contributed by atoms with Crippen molar-refractivity contribution in [3.8, 4) is 0 Å². The molecule has 31 heavy (non-hydrogen) atoms. The highest BCUT2D eigenvalue weighted by Gasteiger charge is 2.92. The number of carbonyl (C=O) groups is 1. The fraction of sp³-hybridized carbons (Fsp3) is 0.889. The largest absolute Gasteiger partial charge is 0.439 e. The number of halogens is 17. The Bertz CT molecular complexity index is 829. The summed E-state index contributed by atoms with van der Waals surface area (Å²) >= 11 is 3.32. The molecule has 4 nitrogen and oxygen atoms in total. The molecule has 0 aliphatic carbocycles. The molecule has 22 heteroatoms. The molecule has 0 amide bonds. The average Bonchev–Trinajstić information content (AvgIpc) is 2.50. The number of hydrogen-bond donors (Lipinski definition) is 1. The third-order valence-electron chi connectivity index (χ3n) is 3.19. The minimum absolute atomic E-state index is 3.32. The van der Waals surface area contributed by atoms with Crippen LogP contribution in [0.5, 0.6) is 0 Å². The van der Waals surface area contributed by atoms with Crippen LogP contribution in [0.15, 0.2) is 0 Å². The SMILES string of the molecule is O=C(C(F)(F)C(F)(F)C(F)(F)C(F)(F)C(F)(F)C(F)(F)Cl)C(F)(F)C(F)(F)S(=O)(=O)O. The van der Waals surface area contributed by atoms with Gasteiger partial charge in [-0.1, -0.05) is 0 Å². The molecule has 0 aromatic rings.